The van der Waals surface area contributed by atoms with E-state index in [4.69, 9.17) is 0 Å². The number of benzene rings is 1. The first kappa shape index (κ1) is 11.4. The highest BCUT2D eigenvalue weighted by atomic mass is 16.1. The fraction of sp³-hybridized carbons (Fsp3) is 0.333. The second kappa shape index (κ2) is 5.29. The van der Waals surface area contributed by atoms with Gasteiger partial charge in [-0.05, 0) is 37.1 Å². The molecule has 1 aromatic carbocycles. The Bertz CT molecular complexity index is 372. The maximum atomic E-state index is 11.6. The standard InChI is InChI=1S/C12H15NO2/c1-3-4-13-12(15)11-6-9(2)5-10(7-11)8-14/h5-8H,3-4H2,1-2H3,(H,13,15). The smallest absolute Gasteiger partial charge is 0.251 e. The molecule has 0 saturated heterocycles. The van der Waals surface area contributed by atoms with Gasteiger partial charge in [-0.15, -0.1) is 0 Å². The number of hydrogen-bond donors (Lipinski definition) is 1. The molecule has 80 valence electrons. The van der Waals surface area contributed by atoms with E-state index in [-0.39, 0.29) is 5.91 Å². The van der Waals surface area contributed by atoms with Crippen LogP contribution in [-0.4, -0.2) is 18.7 Å². The monoisotopic (exact) mass is 205 g/mol. The van der Waals surface area contributed by atoms with Gasteiger partial charge < -0.3 is 5.32 Å². The minimum Gasteiger partial charge on any atom is -0.352 e. The number of aryl methyl sites for hydroxylation is 1. The lowest BCUT2D eigenvalue weighted by Crippen LogP contribution is -2.24. The summed E-state index contributed by atoms with van der Waals surface area (Å²) in [6.45, 7) is 4.51. The molecule has 0 atom stereocenters. The van der Waals surface area contributed by atoms with Crippen molar-refractivity contribution in [2.45, 2.75) is 20.3 Å². The zero-order valence-electron chi connectivity index (χ0n) is 9.04. The SMILES string of the molecule is CCCNC(=O)c1cc(C)cc(C=O)c1. The topological polar surface area (TPSA) is 46.2 Å². The molecule has 3 heteroatoms. The predicted octanol–water partition coefficient (Wildman–Crippen LogP) is 1.95. The summed E-state index contributed by atoms with van der Waals surface area (Å²) in [7, 11) is 0. The molecule has 15 heavy (non-hydrogen) atoms. The number of nitrogens with one attached hydrogen (secondary N) is 1. The number of amides is 1. The first-order valence-electron chi connectivity index (χ1n) is 5.02. The number of carbonyl (C=O) groups is 2. The third-order valence-corrected chi connectivity index (χ3v) is 2.03. The van der Waals surface area contributed by atoms with Gasteiger partial charge in [0.2, 0.25) is 0 Å². The second-order valence-corrected chi connectivity index (χ2v) is 3.51. The molecule has 3 nitrogen and oxygen atoms in total. The molecule has 0 bridgehead atoms. The maximum absolute atomic E-state index is 11.6. The van der Waals surface area contributed by atoms with E-state index >= 15 is 0 Å². The Balaban J connectivity index is 2.88. The molecule has 1 amide bonds. The third-order valence-electron chi connectivity index (χ3n) is 2.03. The van der Waals surface area contributed by atoms with Gasteiger partial charge in [-0.3, -0.25) is 9.59 Å². The zero-order chi connectivity index (χ0) is 11.3. The van der Waals surface area contributed by atoms with E-state index in [0.717, 1.165) is 18.3 Å². The summed E-state index contributed by atoms with van der Waals surface area (Å²) in [5.74, 6) is -0.122. The van der Waals surface area contributed by atoms with Crippen molar-refractivity contribution >= 4 is 12.2 Å². The van der Waals surface area contributed by atoms with Gasteiger partial charge in [0.15, 0.2) is 0 Å². The Morgan fingerprint density at radius 3 is 2.73 bits per heavy atom. The van der Waals surface area contributed by atoms with E-state index in [1.54, 1.807) is 18.2 Å². The van der Waals surface area contributed by atoms with E-state index in [9.17, 15) is 9.59 Å². The molecule has 0 fully saturated rings. The molecule has 1 N–H and O–H groups in total. The Kier molecular flexibility index (Phi) is 4.03. The van der Waals surface area contributed by atoms with Crippen LogP contribution in [0.5, 0.6) is 0 Å². The molecule has 0 aromatic heterocycles. The Hall–Kier alpha value is -1.64. The van der Waals surface area contributed by atoms with Crippen LogP contribution in [0.4, 0.5) is 0 Å². The van der Waals surface area contributed by atoms with E-state index in [1.165, 1.54) is 0 Å². The maximum Gasteiger partial charge on any atom is 0.251 e. The van der Waals surface area contributed by atoms with Crippen molar-refractivity contribution in [2.75, 3.05) is 6.54 Å². The highest BCUT2D eigenvalue weighted by molar-refractivity contribution is 5.96. The van der Waals surface area contributed by atoms with Crippen LogP contribution in [0, 0.1) is 6.92 Å². The highest BCUT2D eigenvalue weighted by Crippen LogP contribution is 2.08. The molecule has 0 unspecified atom stereocenters. The van der Waals surface area contributed by atoms with Gasteiger partial charge in [-0.25, -0.2) is 0 Å². The molecule has 0 saturated carbocycles. The van der Waals surface area contributed by atoms with Gasteiger partial charge in [0, 0.05) is 17.7 Å². The van der Waals surface area contributed by atoms with Gasteiger partial charge in [-0.1, -0.05) is 6.92 Å². The summed E-state index contributed by atoms with van der Waals surface area (Å²) in [6, 6.07) is 5.13. The third kappa shape index (κ3) is 3.20. The number of aldehydes is 1. The van der Waals surface area contributed by atoms with Gasteiger partial charge in [0.1, 0.15) is 6.29 Å². The summed E-state index contributed by atoms with van der Waals surface area (Å²) in [5, 5.41) is 2.77. The summed E-state index contributed by atoms with van der Waals surface area (Å²) in [5.41, 5.74) is 2.00. The minimum atomic E-state index is -0.122. The fourth-order valence-electron chi connectivity index (χ4n) is 1.35. The molecular formula is C12H15NO2. The van der Waals surface area contributed by atoms with Crippen LogP contribution < -0.4 is 5.32 Å². The molecule has 0 radical (unpaired) electrons. The van der Waals surface area contributed by atoms with Crippen molar-refractivity contribution in [3.8, 4) is 0 Å². The van der Waals surface area contributed by atoms with Gasteiger partial charge in [0.05, 0.1) is 0 Å². The Morgan fingerprint density at radius 1 is 1.40 bits per heavy atom. The summed E-state index contributed by atoms with van der Waals surface area (Å²) in [4.78, 5) is 22.2. The summed E-state index contributed by atoms with van der Waals surface area (Å²) >= 11 is 0. The van der Waals surface area contributed by atoms with Crippen molar-refractivity contribution in [1.82, 2.24) is 5.32 Å². The van der Waals surface area contributed by atoms with Gasteiger partial charge in [0.25, 0.3) is 5.91 Å². The Morgan fingerprint density at radius 2 is 2.13 bits per heavy atom. The molecule has 0 heterocycles. The largest absolute Gasteiger partial charge is 0.352 e. The molecule has 0 aliphatic heterocycles. The lowest BCUT2D eigenvalue weighted by Gasteiger charge is -2.05. The molecule has 0 aliphatic rings. The first-order valence-corrected chi connectivity index (χ1v) is 5.02. The van der Waals surface area contributed by atoms with Crippen molar-refractivity contribution in [3.63, 3.8) is 0 Å². The van der Waals surface area contributed by atoms with E-state index in [0.29, 0.717) is 17.7 Å². The van der Waals surface area contributed by atoms with E-state index in [2.05, 4.69) is 5.32 Å². The molecule has 0 spiro atoms. The number of carbonyl (C=O) groups excluding carboxylic acids is 2. The van der Waals surface area contributed by atoms with Crippen LogP contribution in [0.25, 0.3) is 0 Å². The van der Waals surface area contributed by atoms with Crippen LogP contribution in [0.1, 0.15) is 39.6 Å². The van der Waals surface area contributed by atoms with E-state index < -0.39 is 0 Å². The van der Waals surface area contributed by atoms with Crippen LogP contribution >= 0.6 is 0 Å². The average Bonchev–Trinajstić information content (AvgIpc) is 2.24. The van der Waals surface area contributed by atoms with Crippen molar-refractivity contribution < 1.29 is 9.59 Å². The van der Waals surface area contributed by atoms with Crippen molar-refractivity contribution in [3.05, 3.63) is 34.9 Å². The van der Waals surface area contributed by atoms with Crippen LogP contribution in [0.15, 0.2) is 18.2 Å². The van der Waals surface area contributed by atoms with Crippen LogP contribution in [0.3, 0.4) is 0 Å². The minimum absolute atomic E-state index is 0.122. The first-order chi connectivity index (χ1) is 7.17. The highest BCUT2D eigenvalue weighted by Gasteiger charge is 2.06. The van der Waals surface area contributed by atoms with Gasteiger partial charge in [-0.2, -0.15) is 0 Å². The Labute approximate surface area is 89.5 Å². The average molecular weight is 205 g/mol. The summed E-state index contributed by atoms with van der Waals surface area (Å²) in [6.07, 6.45) is 1.65. The van der Waals surface area contributed by atoms with E-state index in [1.807, 2.05) is 13.8 Å². The quantitative estimate of drug-likeness (QED) is 0.763. The second-order valence-electron chi connectivity index (χ2n) is 3.51. The zero-order valence-corrected chi connectivity index (χ0v) is 9.04. The molecule has 1 rings (SSSR count). The number of hydrogen-bond acceptors (Lipinski definition) is 2. The molecular weight excluding hydrogens is 190 g/mol. The molecule has 0 aliphatic carbocycles. The van der Waals surface area contributed by atoms with Crippen LogP contribution in [-0.2, 0) is 0 Å². The summed E-state index contributed by atoms with van der Waals surface area (Å²) < 4.78 is 0. The normalized spacial score (nSPS) is 9.73. The van der Waals surface area contributed by atoms with Crippen molar-refractivity contribution in [1.29, 1.82) is 0 Å². The fourth-order valence-corrected chi connectivity index (χ4v) is 1.35. The predicted molar refractivity (Wildman–Crippen MR) is 59.2 cm³/mol. The number of rotatable bonds is 4. The van der Waals surface area contributed by atoms with Crippen LogP contribution in [0.2, 0.25) is 0 Å². The van der Waals surface area contributed by atoms with Gasteiger partial charge >= 0.3 is 0 Å². The van der Waals surface area contributed by atoms with Crippen molar-refractivity contribution in [2.24, 2.45) is 0 Å². The molecule has 1 aromatic rings. The lowest BCUT2D eigenvalue weighted by molar-refractivity contribution is 0.0953. The lowest BCUT2D eigenvalue weighted by atomic mass is 10.1.